The summed E-state index contributed by atoms with van der Waals surface area (Å²) in [5, 5.41) is 3.07. The number of nitrogens with one attached hydrogen (secondary N) is 1. The fourth-order valence-electron chi connectivity index (χ4n) is 2.90. The third kappa shape index (κ3) is 3.28. The molecule has 0 radical (unpaired) electrons. The van der Waals surface area contributed by atoms with Gasteiger partial charge in [0.25, 0.3) is 5.91 Å². The van der Waals surface area contributed by atoms with Crippen LogP contribution in [0.2, 0.25) is 0 Å². The predicted molar refractivity (Wildman–Crippen MR) is 79.5 cm³/mol. The summed E-state index contributed by atoms with van der Waals surface area (Å²) in [6.07, 6.45) is 4.82. The number of hydrogen-bond acceptors (Lipinski definition) is 2. The van der Waals surface area contributed by atoms with Gasteiger partial charge in [-0.05, 0) is 43.0 Å². The molecule has 1 aromatic carbocycles. The molecule has 0 bridgehead atoms. The molecular formula is C16H24N2O. The van der Waals surface area contributed by atoms with Crippen LogP contribution in [0.5, 0.6) is 0 Å². The highest BCUT2D eigenvalue weighted by atomic mass is 16.2. The van der Waals surface area contributed by atoms with E-state index in [-0.39, 0.29) is 5.91 Å². The molecule has 1 aromatic rings. The molecule has 0 saturated heterocycles. The van der Waals surface area contributed by atoms with Crippen molar-refractivity contribution in [1.29, 1.82) is 0 Å². The zero-order valence-electron chi connectivity index (χ0n) is 12.1. The van der Waals surface area contributed by atoms with Crippen LogP contribution >= 0.6 is 0 Å². The molecule has 2 atom stereocenters. The van der Waals surface area contributed by atoms with Crippen LogP contribution in [0.25, 0.3) is 0 Å². The molecule has 2 rings (SSSR count). The highest BCUT2D eigenvalue weighted by Crippen LogP contribution is 2.27. The highest BCUT2D eigenvalue weighted by Gasteiger charge is 2.25. The SMILES string of the molecule is CNc1ccc(C(=O)N(C)C2CCCC(C)C2)cc1. The molecule has 1 saturated carbocycles. The third-order valence-corrected chi connectivity index (χ3v) is 4.20. The van der Waals surface area contributed by atoms with Gasteiger partial charge in [0, 0.05) is 31.4 Å². The van der Waals surface area contributed by atoms with Crippen molar-refractivity contribution in [3.8, 4) is 0 Å². The maximum atomic E-state index is 12.5. The number of nitrogens with zero attached hydrogens (tertiary/aromatic N) is 1. The van der Waals surface area contributed by atoms with Crippen LogP contribution in [-0.2, 0) is 0 Å². The molecule has 1 aliphatic rings. The third-order valence-electron chi connectivity index (χ3n) is 4.20. The van der Waals surface area contributed by atoms with Gasteiger partial charge in [0.15, 0.2) is 0 Å². The van der Waals surface area contributed by atoms with Crippen molar-refractivity contribution in [2.75, 3.05) is 19.4 Å². The predicted octanol–water partition coefficient (Wildman–Crippen LogP) is 3.38. The van der Waals surface area contributed by atoms with E-state index in [1.54, 1.807) is 0 Å². The number of hydrogen-bond donors (Lipinski definition) is 1. The molecule has 3 heteroatoms. The van der Waals surface area contributed by atoms with E-state index >= 15 is 0 Å². The Morgan fingerprint density at radius 2 is 1.95 bits per heavy atom. The molecule has 0 spiro atoms. The molecule has 104 valence electrons. The molecule has 2 unspecified atom stereocenters. The van der Waals surface area contributed by atoms with E-state index < -0.39 is 0 Å². The summed E-state index contributed by atoms with van der Waals surface area (Å²) >= 11 is 0. The van der Waals surface area contributed by atoms with E-state index in [0.29, 0.717) is 6.04 Å². The van der Waals surface area contributed by atoms with Crippen LogP contribution < -0.4 is 5.32 Å². The van der Waals surface area contributed by atoms with Crippen LogP contribution in [0.4, 0.5) is 5.69 Å². The van der Waals surface area contributed by atoms with Gasteiger partial charge in [-0.15, -0.1) is 0 Å². The molecule has 1 fully saturated rings. The number of benzene rings is 1. The maximum Gasteiger partial charge on any atom is 0.253 e. The van der Waals surface area contributed by atoms with Crippen LogP contribution in [-0.4, -0.2) is 30.9 Å². The van der Waals surface area contributed by atoms with Gasteiger partial charge >= 0.3 is 0 Å². The van der Waals surface area contributed by atoms with Crippen LogP contribution in [0.1, 0.15) is 43.0 Å². The fraction of sp³-hybridized carbons (Fsp3) is 0.562. The maximum absolute atomic E-state index is 12.5. The Kier molecular flexibility index (Phi) is 4.46. The Balaban J connectivity index is 2.05. The minimum Gasteiger partial charge on any atom is -0.388 e. The second-order valence-corrected chi connectivity index (χ2v) is 5.67. The average Bonchev–Trinajstić information content (AvgIpc) is 2.46. The molecule has 1 N–H and O–H groups in total. The van der Waals surface area contributed by atoms with Gasteiger partial charge in [0.1, 0.15) is 0 Å². The van der Waals surface area contributed by atoms with Crippen molar-refractivity contribution >= 4 is 11.6 Å². The molecular weight excluding hydrogens is 236 g/mol. The van der Waals surface area contributed by atoms with Gasteiger partial charge in [-0.1, -0.05) is 19.8 Å². The summed E-state index contributed by atoms with van der Waals surface area (Å²) in [6, 6.07) is 8.10. The van der Waals surface area contributed by atoms with Gasteiger partial charge in [0.2, 0.25) is 0 Å². The first-order valence-electron chi connectivity index (χ1n) is 7.16. The largest absolute Gasteiger partial charge is 0.388 e. The quantitative estimate of drug-likeness (QED) is 0.903. The van der Waals surface area contributed by atoms with E-state index in [9.17, 15) is 4.79 Å². The van der Waals surface area contributed by atoms with Crippen molar-refractivity contribution in [2.45, 2.75) is 38.6 Å². The molecule has 0 aromatic heterocycles. The molecule has 3 nitrogen and oxygen atoms in total. The normalized spacial score (nSPS) is 22.9. The van der Waals surface area contributed by atoms with Gasteiger partial charge in [-0.2, -0.15) is 0 Å². The highest BCUT2D eigenvalue weighted by molar-refractivity contribution is 5.94. The lowest BCUT2D eigenvalue weighted by Gasteiger charge is -2.34. The van der Waals surface area contributed by atoms with E-state index in [1.165, 1.54) is 12.8 Å². The van der Waals surface area contributed by atoms with E-state index in [0.717, 1.165) is 30.0 Å². The Morgan fingerprint density at radius 1 is 1.26 bits per heavy atom. The van der Waals surface area contributed by atoms with Crippen LogP contribution in [0.3, 0.4) is 0 Å². The summed E-state index contributed by atoms with van der Waals surface area (Å²) in [5.74, 6) is 0.877. The number of amides is 1. The zero-order valence-corrected chi connectivity index (χ0v) is 12.1. The van der Waals surface area contributed by atoms with Gasteiger partial charge < -0.3 is 10.2 Å². The number of rotatable bonds is 3. The summed E-state index contributed by atoms with van der Waals surface area (Å²) in [7, 11) is 3.82. The van der Waals surface area contributed by atoms with Gasteiger partial charge in [-0.25, -0.2) is 0 Å². The van der Waals surface area contributed by atoms with Crippen molar-refractivity contribution < 1.29 is 4.79 Å². The van der Waals surface area contributed by atoms with Gasteiger partial charge in [0.05, 0.1) is 0 Å². The first-order chi connectivity index (χ1) is 9.11. The van der Waals surface area contributed by atoms with Crippen molar-refractivity contribution in [3.05, 3.63) is 29.8 Å². The minimum absolute atomic E-state index is 0.141. The van der Waals surface area contributed by atoms with Crippen molar-refractivity contribution in [3.63, 3.8) is 0 Å². The second-order valence-electron chi connectivity index (χ2n) is 5.67. The average molecular weight is 260 g/mol. The standard InChI is InChI=1S/C16H24N2O/c1-12-5-4-6-15(11-12)18(3)16(19)13-7-9-14(17-2)10-8-13/h7-10,12,15,17H,4-6,11H2,1-3H3. The lowest BCUT2D eigenvalue weighted by molar-refractivity contribution is 0.0672. The van der Waals surface area contributed by atoms with Crippen molar-refractivity contribution in [1.82, 2.24) is 4.90 Å². The Bertz CT molecular complexity index is 427. The number of anilines is 1. The topological polar surface area (TPSA) is 32.3 Å². The Labute approximate surface area is 116 Å². The van der Waals surface area contributed by atoms with Crippen LogP contribution in [0, 0.1) is 5.92 Å². The smallest absolute Gasteiger partial charge is 0.253 e. The number of carbonyl (C=O) groups excluding carboxylic acids is 1. The molecule has 1 amide bonds. The first kappa shape index (κ1) is 13.9. The van der Waals surface area contributed by atoms with Crippen molar-refractivity contribution in [2.24, 2.45) is 5.92 Å². The first-order valence-corrected chi connectivity index (χ1v) is 7.16. The van der Waals surface area contributed by atoms with Crippen LogP contribution in [0.15, 0.2) is 24.3 Å². The van der Waals surface area contributed by atoms with E-state index in [2.05, 4.69) is 12.2 Å². The molecule has 0 aliphatic heterocycles. The summed E-state index contributed by atoms with van der Waals surface area (Å²) in [5.41, 5.74) is 1.81. The van der Waals surface area contributed by atoms with Gasteiger partial charge in [-0.3, -0.25) is 4.79 Å². The fourth-order valence-corrected chi connectivity index (χ4v) is 2.90. The number of carbonyl (C=O) groups is 1. The zero-order chi connectivity index (χ0) is 13.8. The summed E-state index contributed by atoms with van der Waals surface area (Å²) < 4.78 is 0. The Hall–Kier alpha value is -1.51. The molecule has 0 heterocycles. The monoisotopic (exact) mass is 260 g/mol. The summed E-state index contributed by atoms with van der Waals surface area (Å²) in [4.78, 5) is 14.4. The van der Waals surface area contributed by atoms with E-state index in [4.69, 9.17) is 0 Å². The lowest BCUT2D eigenvalue weighted by Crippen LogP contribution is -2.39. The minimum atomic E-state index is 0.141. The van der Waals surface area contributed by atoms with E-state index in [1.807, 2.05) is 43.3 Å². The molecule has 1 aliphatic carbocycles. The summed E-state index contributed by atoms with van der Waals surface area (Å²) in [6.45, 7) is 2.28. The Morgan fingerprint density at radius 3 is 2.53 bits per heavy atom. The lowest BCUT2D eigenvalue weighted by atomic mass is 9.86. The second kappa shape index (κ2) is 6.09. The molecule has 19 heavy (non-hydrogen) atoms.